The van der Waals surface area contributed by atoms with Crippen molar-refractivity contribution in [1.29, 1.82) is 0 Å². The zero-order chi connectivity index (χ0) is 57.9. The van der Waals surface area contributed by atoms with E-state index in [9.17, 15) is 43.2 Å². The molecule has 0 unspecified atom stereocenters. The first-order chi connectivity index (χ1) is 38.0. The van der Waals surface area contributed by atoms with Gasteiger partial charge in [0.05, 0.1) is 40.2 Å². The minimum Gasteiger partial charge on any atom is -0.354 e. The van der Waals surface area contributed by atoms with Gasteiger partial charge in [-0.2, -0.15) is 0 Å². The van der Waals surface area contributed by atoms with E-state index in [0.29, 0.717) is 34.1 Å². The molecular formula is C51H58N20O9. The third-order valence-electron chi connectivity index (χ3n) is 12.6. The van der Waals surface area contributed by atoms with Gasteiger partial charge >= 0.3 is 0 Å². The predicted molar refractivity (Wildman–Crippen MR) is 294 cm³/mol. The average Bonchev–Trinajstić information content (AvgIpc) is 4.34. The number of imidazole rings is 2. The third-order valence-corrected chi connectivity index (χ3v) is 12.6. The largest absolute Gasteiger partial charge is 0.354 e. The molecule has 29 nitrogen and oxygen atoms in total. The summed E-state index contributed by atoms with van der Waals surface area (Å²) in [5, 5.41) is 24.3. The molecule has 8 aromatic rings. The average molecular weight is 1100 g/mol. The molecule has 29 heteroatoms. The number of hydrogen-bond acceptors (Lipinski definition) is 12. The summed E-state index contributed by atoms with van der Waals surface area (Å²) in [5.41, 5.74) is 9.46. The smallest absolute Gasteiger partial charge is 0.292 e. The van der Waals surface area contributed by atoms with Gasteiger partial charge in [0.1, 0.15) is 34.2 Å². The molecule has 11 N–H and O–H groups in total. The van der Waals surface area contributed by atoms with Crippen LogP contribution >= 0.6 is 0 Å². The maximum atomic E-state index is 13.4. The molecular weight excluding hydrogens is 1040 g/mol. The summed E-state index contributed by atoms with van der Waals surface area (Å²) in [6.07, 6.45) is 13.9. The number of carbonyl (C=O) groups excluding carboxylic acids is 9. The van der Waals surface area contributed by atoms with E-state index < -0.39 is 53.3 Å². The summed E-state index contributed by atoms with van der Waals surface area (Å²) in [7, 11) is 14.6. The normalized spacial score (nSPS) is 11.4. The Hall–Kier alpha value is -10.7. The lowest BCUT2D eigenvalue weighted by Crippen LogP contribution is -2.39. The molecule has 8 heterocycles. The van der Waals surface area contributed by atoms with Crippen molar-refractivity contribution >= 4 is 93.1 Å². The molecule has 8 rings (SSSR count). The summed E-state index contributed by atoms with van der Waals surface area (Å²) in [6.45, 7) is 0.0123. The molecule has 0 aliphatic rings. The highest BCUT2D eigenvalue weighted by Crippen LogP contribution is 2.23. The van der Waals surface area contributed by atoms with Gasteiger partial charge in [-0.25, -0.2) is 9.97 Å². The number of nitrogens with two attached hydrogens (primary N) is 1. The van der Waals surface area contributed by atoms with Crippen molar-refractivity contribution in [3.63, 3.8) is 0 Å². The molecule has 80 heavy (non-hydrogen) atoms. The zero-order valence-electron chi connectivity index (χ0n) is 44.9. The summed E-state index contributed by atoms with van der Waals surface area (Å²) in [4.78, 5) is 126. The van der Waals surface area contributed by atoms with E-state index in [1.165, 1.54) is 85.0 Å². The molecule has 1 atom stereocenters. The van der Waals surface area contributed by atoms with Crippen LogP contribution in [-0.2, 0) is 61.2 Å². The number of anilines is 7. The van der Waals surface area contributed by atoms with Crippen LogP contribution in [0.25, 0.3) is 0 Å². The van der Waals surface area contributed by atoms with Crippen LogP contribution < -0.4 is 53.6 Å². The predicted octanol–water partition coefficient (Wildman–Crippen LogP) is 2.14. The number of aryl methyl sites for hydroxylation is 8. The fourth-order valence-corrected chi connectivity index (χ4v) is 8.54. The Morgan fingerprint density at radius 3 is 1.15 bits per heavy atom. The Labute approximate surface area is 455 Å². The highest BCUT2D eigenvalue weighted by Gasteiger charge is 2.24. The minimum atomic E-state index is -1.06. The quantitative estimate of drug-likeness (QED) is 0.0557. The lowest BCUT2D eigenvalue weighted by molar-refractivity contribution is -0.117. The van der Waals surface area contributed by atoms with Gasteiger partial charge < -0.3 is 90.1 Å². The minimum absolute atomic E-state index is 0.00791. The number of nitrogens with one attached hydrogen (secondary N) is 9. The van der Waals surface area contributed by atoms with Crippen LogP contribution in [0.4, 0.5) is 39.9 Å². The second-order valence-electron chi connectivity index (χ2n) is 18.7. The van der Waals surface area contributed by atoms with Gasteiger partial charge in [0.15, 0.2) is 11.6 Å². The van der Waals surface area contributed by atoms with Crippen LogP contribution in [0.2, 0.25) is 0 Å². The molecule has 0 aliphatic carbocycles. The van der Waals surface area contributed by atoms with Crippen LogP contribution in [0.15, 0.2) is 92.2 Å². The van der Waals surface area contributed by atoms with Gasteiger partial charge in [0, 0.05) is 126 Å². The van der Waals surface area contributed by atoms with Crippen molar-refractivity contribution in [3.05, 3.63) is 138 Å². The van der Waals surface area contributed by atoms with Crippen LogP contribution in [0.1, 0.15) is 90.6 Å². The Morgan fingerprint density at radius 1 is 0.425 bits per heavy atom. The summed E-state index contributed by atoms with van der Waals surface area (Å²) in [5.74, 6) is -4.26. The number of aromatic nitrogens is 10. The Kier molecular flexibility index (Phi) is 15.9. The van der Waals surface area contributed by atoms with Crippen molar-refractivity contribution in [2.45, 2.75) is 12.5 Å². The van der Waals surface area contributed by atoms with Crippen LogP contribution in [0.3, 0.4) is 0 Å². The lowest BCUT2D eigenvalue weighted by Gasteiger charge is -2.12. The fourth-order valence-electron chi connectivity index (χ4n) is 8.54. The number of amides is 9. The molecule has 0 aromatic carbocycles. The summed E-state index contributed by atoms with van der Waals surface area (Å²) < 4.78 is 12.1. The number of nitrogens with zero attached hydrogens (tertiary/aromatic N) is 10. The third kappa shape index (κ3) is 12.3. The molecule has 0 radical (unpaired) electrons. The van der Waals surface area contributed by atoms with E-state index in [-0.39, 0.29) is 70.5 Å². The van der Waals surface area contributed by atoms with Crippen LogP contribution in [0.5, 0.6) is 0 Å². The van der Waals surface area contributed by atoms with Crippen LogP contribution in [-0.4, -0.2) is 119 Å². The highest BCUT2D eigenvalue weighted by molar-refractivity contribution is 6.10. The molecule has 0 spiro atoms. The van der Waals surface area contributed by atoms with Crippen molar-refractivity contribution in [2.24, 2.45) is 62.1 Å². The van der Waals surface area contributed by atoms with E-state index in [0.717, 1.165) is 0 Å². The van der Waals surface area contributed by atoms with Crippen LogP contribution in [0, 0.1) is 0 Å². The lowest BCUT2D eigenvalue weighted by atomic mass is 10.2. The first-order valence-electron chi connectivity index (χ1n) is 24.4. The highest BCUT2D eigenvalue weighted by atomic mass is 16.2. The molecule has 8 aromatic heterocycles. The second-order valence-corrected chi connectivity index (χ2v) is 18.7. The van der Waals surface area contributed by atoms with Gasteiger partial charge in [0.2, 0.25) is 11.7 Å². The van der Waals surface area contributed by atoms with E-state index >= 15 is 0 Å². The van der Waals surface area contributed by atoms with E-state index in [2.05, 4.69) is 57.8 Å². The molecule has 0 aliphatic heterocycles. The SMILES string of the molecule is CNC(=O)c1cc(NC(=O)c2cc(NC(=O)c3cc(NC(=O)c4cc(NC(=O)[C@H](N)CCNC(=O)c5cc(NC(=O)c6cc(NC(=O)c7nc(NC(=O)c8nccn8C)cn7C)cn6C)cn5C)cn4C)cn3C)cn2C)cn1C. The van der Waals surface area contributed by atoms with E-state index in [1.807, 2.05) is 0 Å². The second kappa shape index (κ2) is 22.9. The van der Waals surface area contributed by atoms with E-state index in [1.54, 1.807) is 107 Å². The Balaban J connectivity index is 0.779. The fraction of sp³-hybridized carbons (Fsp3) is 0.235. The first-order valence-corrected chi connectivity index (χ1v) is 24.4. The summed E-state index contributed by atoms with van der Waals surface area (Å²) >= 11 is 0. The maximum absolute atomic E-state index is 13.4. The van der Waals surface area contributed by atoms with Crippen molar-refractivity contribution in [2.75, 3.05) is 50.8 Å². The number of rotatable bonds is 19. The first kappa shape index (κ1) is 55.5. The molecule has 0 bridgehead atoms. The van der Waals surface area contributed by atoms with Gasteiger partial charge in [-0.05, 0) is 42.8 Å². The molecule has 0 saturated heterocycles. The van der Waals surface area contributed by atoms with Gasteiger partial charge in [-0.3, -0.25) is 43.2 Å². The molecule has 0 saturated carbocycles. The maximum Gasteiger partial charge on any atom is 0.292 e. The van der Waals surface area contributed by atoms with Crippen molar-refractivity contribution < 1.29 is 43.2 Å². The van der Waals surface area contributed by atoms with Gasteiger partial charge in [0.25, 0.3) is 47.3 Å². The summed E-state index contributed by atoms with van der Waals surface area (Å²) in [6, 6.07) is 7.85. The number of carbonyl (C=O) groups is 9. The van der Waals surface area contributed by atoms with Crippen molar-refractivity contribution in [3.8, 4) is 0 Å². The molecule has 416 valence electrons. The monoisotopic (exact) mass is 1090 g/mol. The van der Waals surface area contributed by atoms with Gasteiger partial charge in [-0.1, -0.05) is 0 Å². The van der Waals surface area contributed by atoms with Gasteiger partial charge in [-0.15, -0.1) is 0 Å². The Morgan fingerprint density at radius 2 is 0.775 bits per heavy atom. The van der Waals surface area contributed by atoms with E-state index in [4.69, 9.17) is 5.73 Å². The number of hydrogen-bond donors (Lipinski definition) is 10. The standard InChI is InChI=1S/C51H58N20O9/c1-53-44(73)34-14-28(21-65(34)3)57-47(76)37-17-31(24-68(37)6)60-48(77)38-18-30(23-69(38)7)59-46(75)36-16-27(20-67(36)5)56-43(72)33(52)10-11-55-45(74)35-15-29(22-66(35)4)58-49(78)39-19-32(25-70(39)8)61-51(80)42-62-40(26-71(42)9)63-50(79)41-54-12-13-64(41)2/h12-26,33H,10-11,52H2,1-9H3,(H,53,73)(H,55,74)(H,56,72)(H,57,76)(H,58,78)(H,59,75)(H,60,77)(H,61,80)(H,63,79)/t33-/m1/s1. The topological polar surface area (TPSA) is 353 Å². The molecule has 0 fully saturated rings. The molecule has 9 amide bonds. The zero-order valence-corrected chi connectivity index (χ0v) is 44.9. The Bertz CT molecular complexity index is 3770. The van der Waals surface area contributed by atoms with Crippen molar-refractivity contribution in [1.82, 2.24) is 57.1 Å².